The number of nitrogens with zero attached hydrogens (tertiary/aromatic N) is 3. The Kier molecular flexibility index (Phi) is 11.5. The lowest BCUT2D eigenvalue weighted by atomic mass is 9.86. The molecule has 0 aromatic carbocycles. The molecule has 0 bridgehead atoms. The van der Waals surface area contributed by atoms with Crippen molar-refractivity contribution in [1.82, 2.24) is 14.9 Å². The molecule has 1 saturated carbocycles. The smallest absolute Gasteiger partial charge is 0.153 e. The number of aldehydes is 1. The number of alkyl halides is 2. The molecule has 1 fully saturated rings. The number of allylic oxidation sites excluding steroid dienone is 4. The number of rotatable bonds is 14. The van der Waals surface area contributed by atoms with Gasteiger partial charge in [-0.1, -0.05) is 45.4 Å². The number of carbonyl (C=O) groups is 1. The van der Waals surface area contributed by atoms with Crippen molar-refractivity contribution in [1.29, 1.82) is 0 Å². The van der Waals surface area contributed by atoms with Crippen LogP contribution in [0.3, 0.4) is 0 Å². The largest absolute Gasteiger partial charge is 0.400 e. The molecule has 0 radical (unpaired) electrons. The third-order valence-corrected chi connectivity index (χ3v) is 7.25. The van der Waals surface area contributed by atoms with E-state index >= 15 is 0 Å². The molecule has 0 aromatic rings. The summed E-state index contributed by atoms with van der Waals surface area (Å²) in [5, 5.41) is 3.89. The predicted octanol–water partition coefficient (Wildman–Crippen LogP) is 5.08. The van der Waals surface area contributed by atoms with Gasteiger partial charge < -0.3 is 15.6 Å². The summed E-state index contributed by atoms with van der Waals surface area (Å²) >= 11 is 0. The van der Waals surface area contributed by atoms with Crippen LogP contribution in [0, 0.1) is 0 Å². The third kappa shape index (κ3) is 6.57. The maximum Gasteiger partial charge on any atom is 0.153 e. The van der Waals surface area contributed by atoms with Crippen LogP contribution < -0.4 is 5.73 Å². The molecule has 2 rings (SSSR count). The molecule has 1 heterocycles. The highest BCUT2D eigenvalue weighted by Gasteiger charge is 2.47. The van der Waals surface area contributed by atoms with Gasteiger partial charge in [-0.3, -0.25) is 4.79 Å². The second-order valence-corrected chi connectivity index (χ2v) is 9.57. The van der Waals surface area contributed by atoms with Gasteiger partial charge >= 0.3 is 0 Å². The summed E-state index contributed by atoms with van der Waals surface area (Å²) in [4.78, 5) is 14.2. The molecule has 2 aliphatic rings. The molecular formula is C27H44F2N4O. The van der Waals surface area contributed by atoms with E-state index in [-0.39, 0.29) is 6.54 Å². The molecule has 1 aliphatic heterocycles. The Balaban J connectivity index is 2.12. The van der Waals surface area contributed by atoms with Gasteiger partial charge in [-0.25, -0.2) is 13.8 Å². The summed E-state index contributed by atoms with van der Waals surface area (Å²) in [7, 11) is 1.93. The summed E-state index contributed by atoms with van der Waals surface area (Å²) in [6, 6.07) is 0. The zero-order valence-electron chi connectivity index (χ0n) is 21.4. The zero-order valence-corrected chi connectivity index (χ0v) is 21.4. The van der Waals surface area contributed by atoms with Gasteiger partial charge in [0.2, 0.25) is 0 Å². The Hall–Kier alpha value is -1.99. The van der Waals surface area contributed by atoms with Gasteiger partial charge in [-0.15, -0.1) is 0 Å². The van der Waals surface area contributed by atoms with Crippen molar-refractivity contribution in [3.63, 3.8) is 0 Å². The van der Waals surface area contributed by atoms with E-state index in [2.05, 4.69) is 25.3 Å². The van der Waals surface area contributed by atoms with E-state index in [0.29, 0.717) is 34.5 Å². The fraction of sp³-hybridized carbons (Fsp3) is 0.667. The standard InChI is InChI=1S/C27H44F2N4O/c1-5-15-32(16-6-2)17-9-10-23(18-28)11-12-24(19-29)20-33-22(3)25(21-34)26(30)27(31(33)4)13-7-8-14-27/h11-12,21H,3,5-10,13-20,30H2,1-2,4H3/b23-11-,24-12+. The van der Waals surface area contributed by atoms with E-state index in [0.717, 1.165) is 70.9 Å². The molecule has 1 aliphatic carbocycles. The lowest BCUT2D eigenvalue weighted by Crippen LogP contribution is -2.60. The topological polar surface area (TPSA) is 52.8 Å². The average molecular weight is 479 g/mol. The minimum absolute atomic E-state index is 0.245. The zero-order chi connectivity index (χ0) is 25.1. The van der Waals surface area contributed by atoms with Crippen LogP contribution >= 0.6 is 0 Å². The Morgan fingerprint density at radius 1 is 1.09 bits per heavy atom. The van der Waals surface area contributed by atoms with Crippen LogP contribution in [0.4, 0.5) is 8.78 Å². The van der Waals surface area contributed by atoms with Gasteiger partial charge in [0.05, 0.1) is 23.4 Å². The molecule has 1 spiro atoms. The quantitative estimate of drug-likeness (QED) is 0.279. The summed E-state index contributed by atoms with van der Waals surface area (Å²) in [5.41, 5.74) is 8.64. The van der Waals surface area contributed by atoms with E-state index in [1.807, 2.05) is 17.1 Å². The van der Waals surface area contributed by atoms with Crippen molar-refractivity contribution >= 4 is 6.29 Å². The number of carbonyl (C=O) groups excluding carboxylic acids is 1. The lowest BCUT2D eigenvalue weighted by molar-refractivity contribution is -0.106. The van der Waals surface area contributed by atoms with E-state index in [1.54, 1.807) is 12.2 Å². The van der Waals surface area contributed by atoms with Gasteiger partial charge in [0.25, 0.3) is 0 Å². The molecule has 0 aromatic heterocycles. The van der Waals surface area contributed by atoms with Gasteiger partial charge in [0, 0.05) is 12.7 Å². The average Bonchev–Trinajstić information content (AvgIpc) is 3.33. The fourth-order valence-corrected chi connectivity index (χ4v) is 5.28. The first-order valence-corrected chi connectivity index (χ1v) is 12.8. The number of hydrazine groups is 1. The minimum Gasteiger partial charge on any atom is -0.400 e. The van der Waals surface area contributed by atoms with Gasteiger partial charge in [-0.2, -0.15) is 0 Å². The van der Waals surface area contributed by atoms with Crippen molar-refractivity contribution in [2.45, 2.75) is 70.8 Å². The van der Waals surface area contributed by atoms with E-state index < -0.39 is 18.9 Å². The highest BCUT2D eigenvalue weighted by Crippen LogP contribution is 2.45. The van der Waals surface area contributed by atoms with Crippen molar-refractivity contribution in [3.05, 3.63) is 46.8 Å². The van der Waals surface area contributed by atoms with Crippen molar-refractivity contribution in [2.24, 2.45) is 5.73 Å². The summed E-state index contributed by atoms with van der Waals surface area (Å²) in [6.07, 6.45) is 11.7. The van der Waals surface area contributed by atoms with Gasteiger partial charge in [0.15, 0.2) is 6.29 Å². The molecular weight excluding hydrogens is 434 g/mol. The Morgan fingerprint density at radius 2 is 1.68 bits per heavy atom. The van der Waals surface area contributed by atoms with Crippen molar-refractivity contribution in [3.8, 4) is 0 Å². The summed E-state index contributed by atoms with van der Waals surface area (Å²) in [5.74, 6) is 0. The normalized spacial score (nSPS) is 19.7. The second kappa shape index (κ2) is 13.8. The molecule has 0 saturated heterocycles. The molecule has 192 valence electrons. The first-order valence-electron chi connectivity index (χ1n) is 12.8. The first-order chi connectivity index (χ1) is 16.4. The van der Waals surface area contributed by atoms with Crippen LogP contribution in [0.2, 0.25) is 0 Å². The molecule has 0 unspecified atom stereocenters. The second-order valence-electron chi connectivity index (χ2n) is 9.57. The molecule has 5 nitrogen and oxygen atoms in total. The third-order valence-electron chi connectivity index (χ3n) is 7.25. The van der Waals surface area contributed by atoms with Crippen molar-refractivity contribution in [2.75, 3.05) is 46.6 Å². The van der Waals surface area contributed by atoms with Gasteiger partial charge in [-0.05, 0) is 69.3 Å². The number of hydrogen-bond acceptors (Lipinski definition) is 5. The highest BCUT2D eigenvalue weighted by atomic mass is 19.1. The van der Waals surface area contributed by atoms with Crippen LogP contribution in [0.25, 0.3) is 0 Å². The van der Waals surface area contributed by atoms with Crippen LogP contribution in [-0.2, 0) is 4.79 Å². The number of nitrogens with two attached hydrogens (primary N) is 1. The Bertz CT molecular complexity index is 777. The van der Waals surface area contributed by atoms with Crippen LogP contribution in [0.1, 0.15) is 65.2 Å². The number of hydrogen-bond donors (Lipinski definition) is 1. The summed E-state index contributed by atoms with van der Waals surface area (Å²) < 4.78 is 27.7. The molecule has 34 heavy (non-hydrogen) atoms. The van der Waals surface area contributed by atoms with Crippen LogP contribution in [0.15, 0.2) is 46.8 Å². The fourth-order valence-electron chi connectivity index (χ4n) is 5.28. The number of halogens is 2. The molecule has 7 heteroatoms. The van der Waals surface area contributed by atoms with E-state index in [9.17, 15) is 13.6 Å². The first kappa shape index (κ1) is 28.2. The van der Waals surface area contributed by atoms with Gasteiger partial charge in [0.1, 0.15) is 13.3 Å². The predicted molar refractivity (Wildman–Crippen MR) is 136 cm³/mol. The van der Waals surface area contributed by atoms with E-state index in [4.69, 9.17) is 5.73 Å². The number of likely N-dealkylation sites (N-methyl/N-ethyl adjacent to an activating group) is 1. The summed E-state index contributed by atoms with van der Waals surface area (Å²) in [6.45, 7) is 10.5. The molecule has 0 amide bonds. The maximum atomic E-state index is 14.0. The lowest BCUT2D eigenvalue weighted by Gasteiger charge is -2.51. The van der Waals surface area contributed by atoms with Crippen LogP contribution in [-0.4, -0.2) is 73.3 Å². The molecule has 0 atom stereocenters. The maximum absolute atomic E-state index is 14.0. The van der Waals surface area contributed by atoms with E-state index in [1.165, 1.54) is 0 Å². The molecule has 2 N–H and O–H groups in total. The highest BCUT2D eigenvalue weighted by molar-refractivity contribution is 5.82. The Labute approximate surface area is 205 Å². The van der Waals surface area contributed by atoms with Crippen LogP contribution in [0.5, 0.6) is 0 Å². The monoisotopic (exact) mass is 478 g/mol. The Morgan fingerprint density at radius 3 is 2.21 bits per heavy atom. The SMILES string of the molecule is C=C1C(C=O)=C(N)C2(CCCC2)N(C)N1C/C(=C/C=C(\CF)CCCN(CCC)CCC)CF. The van der Waals surface area contributed by atoms with Crippen molar-refractivity contribution < 1.29 is 13.6 Å². The minimum atomic E-state index is -0.656.